The van der Waals surface area contributed by atoms with E-state index in [2.05, 4.69) is 0 Å². The van der Waals surface area contributed by atoms with Gasteiger partial charge in [0.1, 0.15) is 23.7 Å². The van der Waals surface area contributed by atoms with Crippen molar-refractivity contribution in [3.8, 4) is 17.2 Å². The fraction of sp³-hybridized carbons (Fsp3) is 0.382. The maximum Gasteiger partial charge on any atom is 0.338 e. The van der Waals surface area contributed by atoms with Gasteiger partial charge in [0.25, 0.3) is 0 Å². The van der Waals surface area contributed by atoms with Crippen LogP contribution in [0.5, 0.6) is 17.2 Å². The molecule has 236 valence electrons. The van der Waals surface area contributed by atoms with Crippen molar-refractivity contribution < 1.29 is 52.6 Å². The van der Waals surface area contributed by atoms with E-state index in [0.717, 1.165) is 0 Å². The number of hydrogen-bond donors (Lipinski definition) is 1. The number of carbonyl (C=O) groups excluding carboxylic acids is 3. The Morgan fingerprint density at radius 1 is 1.04 bits per heavy atom. The van der Waals surface area contributed by atoms with Gasteiger partial charge in [-0.3, -0.25) is 4.79 Å². The van der Waals surface area contributed by atoms with Gasteiger partial charge in [-0.15, -0.1) is 0 Å². The van der Waals surface area contributed by atoms with Crippen molar-refractivity contribution in [2.24, 2.45) is 5.92 Å². The zero-order chi connectivity index (χ0) is 32.3. The average molecular weight is 619 g/mol. The molecular formula is C34H34O11. The fourth-order valence-corrected chi connectivity index (χ4v) is 6.46. The molecule has 0 aromatic heterocycles. The molecule has 4 aliphatic rings. The number of ketones is 1. The highest BCUT2D eigenvalue weighted by Gasteiger charge is 2.64. The molecule has 45 heavy (non-hydrogen) atoms. The zero-order valence-corrected chi connectivity index (χ0v) is 25.8. The van der Waals surface area contributed by atoms with E-state index in [1.807, 2.05) is 0 Å². The molecule has 0 bridgehead atoms. The number of ether oxygens (including phenoxy) is 7. The molecule has 0 fully saturated rings. The van der Waals surface area contributed by atoms with Crippen LogP contribution in [0.15, 0.2) is 71.2 Å². The molecule has 2 heterocycles. The third kappa shape index (κ3) is 4.40. The summed E-state index contributed by atoms with van der Waals surface area (Å²) in [7, 11) is 2.73. The molecule has 2 aromatic carbocycles. The molecule has 2 aromatic rings. The SMILES string of the molecule is CC=C(C)C(=O)O[C@@H]1C2=CC(OC)=C(OC)C(=O)[C@@]23COc2c4c(cc(c23)[C@@H](OC(=O)c2ccccc2)[C@H](C)[C@]1(C)O)OCO4. The van der Waals surface area contributed by atoms with Crippen LogP contribution in [0.4, 0.5) is 0 Å². The normalized spacial score (nSPS) is 28.2. The minimum absolute atomic E-state index is 0.0822. The highest BCUT2D eigenvalue weighted by Crippen LogP contribution is 2.62. The van der Waals surface area contributed by atoms with Crippen molar-refractivity contribution in [2.45, 2.75) is 50.9 Å². The Kier molecular flexibility index (Phi) is 7.39. The molecule has 2 aliphatic carbocycles. The number of methoxy groups -OCH3 is 2. The molecule has 2 aliphatic heterocycles. The monoisotopic (exact) mass is 618 g/mol. The maximum atomic E-state index is 14.7. The van der Waals surface area contributed by atoms with Gasteiger partial charge in [0.05, 0.1) is 19.8 Å². The predicted octanol–water partition coefficient (Wildman–Crippen LogP) is 4.24. The first-order valence-corrected chi connectivity index (χ1v) is 14.5. The van der Waals surface area contributed by atoms with Gasteiger partial charge in [-0.1, -0.05) is 31.2 Å². The van der Waals surface area contributed by atoms with E-state index < -0.39 is 46.9 Å². The second-order valence-electron chi connectivity index (χ2n) is 11.6. The van der Waals surface area contributed by atoms with Crippen LogP contribution in [-0.4, -0.2) is 62.2 Å². The van der Waals surface area contributed by atoms with Gasteiger partial charge in [0.15, 0.2) is 23.4 Å². The topological polar surface area (TPSA) is 136 Å². The minimum Gasteiger partial charge on any atom is -0.493 e. The number of carbonyl (C=O) groups is 3. The summed E-state index contributed by atoms with van der Waals surface area (Å²) in [5.41, 5.74) is -2.13. The highest BCUT2D eigenvalue weighted by molar-refractivity contribution is 6.09. The van der Waals surface area contributed by atoms with Gasteiger partial charge >= 0.3 is 11.9 Å². The number of esters is 2. The first kappa shape index (κ1) is 30.3. The number of aliphatic hydroxyl groups is 1. The Balaban J connectivity index is 1.67. The lowest BCUT2D eigenvalue weighted by Crippen LogP contribution is -2.59. The zero-order valence-electron chi connectivity index (χ0n) is 25.8. The van der Waals surface area contributed by atoms with Crippen LogP contribution in [-0.2, 0) is 34.0 Å². The van der Waals surface area contributed by atoms with E-state index in [1.165, 1.54) is 21.1 Å². The number of Topliss-reactive ketones (excluding diaryl/α,β-unsaturated/α-hetero) is 1. The summed E-state index contributed by atoms with van der Waals surface area (Å²) in [4.78, 5) is 41.7. The Morgan fingerprint density at radius 2 is 1.78 bits per heavy atom. The number of benzene rings is 2. The molecule has 1 N–H and O–H groups in total. The van der Waals surface area contributed by atoms with Crippen LogP contribution >= 0.6 is 0 Å². The van der Waals surface area contributed by atoms with Crippen molar-refractivity contribution in [1.29, 1.82) is 0 Å². The molecule has 0 radical (unpaired) electrons. The van der Waals surface area contributed by atoms with E-state index in [-0.39, 0.29) is 53.1 Å². The molecule has 11 nitrogen and oxygen atoms in total. The lowest BCUT2D eigenvalue weighted by molar-refractivity contribution is -0.169. The van der Waals surface area contributed by atoms with E-state index in [4.69, 9.17) is 33.2 Å². The van der Waals surface area contributed by atoms with E-state index >= 15 is 0 Å². The fourth-order valence-electron chi connectivity index (χ4n) is 6.46. The summed E-state index contributed by atoms with van der Waals surface area (Å²) in [6.07, 6.45) is 0.522. The van der Waals surface area contributed by atoms with E-state index in [0.29, 0.717) is 16.9 Å². The molecule has 0 unspecified atom stereocenters. The Morgan fingerprint density at radius 3 is 2.44 bits per heavy atom. The van der Waals surface area contributed by atoms with Crippen molar-refractivity contribution in [3.63, 3.8) is 0 Å². The Bertz CT molecular complexity index is 1680. The first-order chi connectivity index (χ1) is 21.5. The van der Waals surface area contributed by atoms with Crippen molar-refractivity contribution >= 4 is 17.7 Å². The van der Waals surface area contributed by atoms with Crippen molar-refractivity contribution in [2.75, 3.05) is 27.6 Å². The molecule has 11 heteroatoms. The molecule has 6 rings (SSSR count). The average Bonchev–Trinajstić information content (AvgIpc) is 3.68. The quantitative estimate of drug-likeness (QED) is 0.368. The third-order valence-electron chi connectivity index (χ3n) is 9.25. The van der Waals surface area contributed by atoms with Gasteiger partial charge in [-0.05, 0) is 50.6 Å². The van der Waals surface area contributed by atoms with Gasteiger partial charge in [0.2, 0.25) is 24.1 Å². The molecule has 0 saturated carbocycles. The summed E-state index contributed by atoms with van der Waals surface area (Å²) in [5, 5.41) is 12.5. The van der Waals surface area contributed by atoms with Crippen LogP contribution in [0, 0.1) is 5.92 Å². The summed E-state index contributed by atoms with van der Waals surface area (Å²) >= 11 is 0. The largest absolute Gasteiger partial charge is 0.493 e. The maximum absolute atomic E-state index is 14.7. The smallest absolute Gasteiger partial charge is 0.338 e. The lowest BCUT2D eigenvalue weighted by atomic mass is 9.59. The second-order valence-corrected chi connectivity index (χ2v) is 11.6. The van der Waals surface area contributed by atoms with Crippen LogP contribution in [0.1, 0.15) is 55.3 Å². The Hall–Kier alpha value is -4.77. The van der Waals surface area contributed by atoms with Gasteiger partial charge in [-0.2, -0.15) is 0 Å². The van der Waals surface area contributed by atoms with Crippen molar-refractivity contribution in [1.82, 2.24) is 0 Å². The van der Waals surface area contributed by atoms with Gasteiger partial charge < -0.3 is 38.3 Å². The predicted molar refractivity (Wildman–Crippen MR) is 158 cm³/mol. The highest BCUT2D eigenvalue weighted by atomic mass is 16.7. The van der Waals surface area contributed by atoms with Crippen LogP contribution in [0.2, 0.25) is 0 Å². The molecule has 1 spiro atoms. The molecule has 0 amide bonds. The first-order valence-electron chi connectivity index (χ1n) is 14.5. The number of rotatable bonds is 6. The van der Waals surface area contributed by atoms with Gasteiger partial charge in [-0.25, -0.2) is 9.59 Å². The molecule has 0 saturated heterocycles. The summed E-state index contributed by atoms with van der Waals surface area (Å²) < 4.78 is 41.2. The molecule has 5 atom stereocenters. The summed E-state index contributed by atoms with van der Waals surface area (Å²) in [6.45, 7) is 6.08. The van der Waals surface area contributed by atoms with Crippen LogP contribution < -0.4 is 14.2 Å². The number of hydrogen-bond acceptors (Lipinski definition) is 11. The van der Waals surface area contributed by atoms with Gasteiger partial charge in [0, 0.05) is 22.6 Å². The minimum atomic E-state index is -1.93. The Labute approximate surface area is 259 Å². The second kappa shape index (κ2) is 11.0. The third-order valence-corrected chi connectivity index (χ3v) is 9.25. The van der Waals surface area contributed by atoms with Crippen LogP contribution in [0.3, 0.4) is 0 Å². The standard InChI is InChI=1S/C34H34O11/c1-7-17(2)31(36)45-30-21-14-22(39-5)27(40-6)29(35)34(21)15-41-28-24(34)20(13-23-26(28)43-16-42-23)25(18(3)33(30,4)38)44-32(37)19-11-9-8-10-12-19/h7-14,18,25,30,38H,15-16H2,1-6H3/t18-,25-,30+,33-,34-/m0/s1. The number of fused-ring (bicyclic) bond motifs is 2. The van der Waals surface area contributed by atoms with Crippen LogP contribution in [0.25, 0.3) is 0 Å². The van der Waals surface area contributed by atoms with Crippen molar-refractivity contribution in [3.05, 3.63) is 87.9 Å². The lowest BCUT2D eigenvalue weighted by Gasteiger charge is -2.48. The summed E-state index contributed by atoms with van der Waals surface area (Å²) in [5.74, 6) is -2.03. The van der Waals surface area contributed by atoms with E-state index in [1.54, 1.807) is 69.3 Å². The summed E-state index contributed by atoms with van der Waals surface area (Å²) in [6, 6.07) is 10.1. The van der Waals surface area contributed by atoms with E-state index in [9.17, 15) is 19.5 Å². The molecular weight excluding hydrogens is 584 g/mol. The number of allylic oxidation sites excluding steroid dienone is 3.